The van der Waals surface area contributed by atoms with Crippen molar-refractivity contribution < 1.29 is 27.9 Å². The number of halogens is 3. The fraction of sp³-hybridized carbons (Fsp3) is 0.238. The predicted molar refractivity (Wildman–Crippen MR) is 119 cm³/mol. The first-order valence-corrected chi connectivity index (χ1v) is 11.9. The molecule has 0 bridgehead atoms. The van der Waals surface area contributed by atoms with Gasteiger partial charge in [-0.05, 0) is 48.2 Å². The van der Waals surface area contributed by atoms with Gasteiger partial charge in [0.1, 0.15) is 5.69 Å². The maximum Gasteiger partial charge on any atom is 0.399 e. The highest BCUT2D eigenvalue weighted by molar-refractivity contribution is 9.10. The number of amides is 1. The van der Waals surface area contributed by atoms with Crippen LogP contribution >= 0.6 is 23.5 Å². The lowest BCUT2D eigenvalue weighted by Gasteiger charge is -2.21. The number of alkyl halides is 2. The molecule has 1 heterocycles. The lowest BCUT2D eigenvalue weighted by Crippen LogP contribution is -2.18. The second-order valence-corrected chi connectivity index (χ2v) is 9.38. The molecule has 0 aliphatic carbocycles. The Kier molecular flexibility index (Phi) is 6.62. The van der Waals surface area contributed by atoms with Gasteiger partial charge in [0.15, 0.2) is 0 Å². The molecule has 6 nitrogen and oxygen atoms in total. The van der Waals surface area contributed by atoms with Gasteiger partial charge in [0, 0.05) is 21.1 Å². The SMILES string of the molecule is CCc1c(C(=O)Nc2ccccc2)nc2cc(C(F)(F)P(=O)(O)O)c(Br)cc2c1CC. The number of nitrogens with one attached hydrogen (secondary N) is 1. The van der Waals surface area contributed by atoms with Crippen LogP contribution in [0.25, 0.3) is 10.9 Å². The Bertz CT molecular complexity index is 1200. The Morgan fingerprint density at radius 1 is 1.13 bits per heavy atom. The molecule has 3 N–H and O–H groups in total. The van der Waals surface area contributed by atoms with Crippen molar-refractivity contribution in [3.05, 3.63) is 69.3 Å². The van der Waals surface area contributed by atoms with Gasteiger partial charge in [-0.1, -0.05) is 48.0 Å². The van der Waals surface area contributed by atoms with E-state index in [9.17, 15) is 18.1 Å². The van der Waals surface area contributed by atoms with Crippen LogP contribution in [-0.2, 0) is 23.1 Å². The van der Waals surface area contributed by atoms with Crippen LogP contribution in [0.4, 0.5) is 14.5 Å². The molecule has 0 aliphatic rings. The van der Waals surface area contributed by atoms with Crippen LogP contribution in [0.1, 0.15) is 41.0 Å². The van der Waals surface area contributed by atoms with Gasteiger partial charge in [0.05, 0.1) is 5.52 Å². The highest BCUT2D eigenvalue weighted by Crippen LogP contribution is 2.60. The maximum atomic E-state index is 14.4. The smallest absolute Gasteiger partial charge is 0.321 e. The molecule has 0 radical (unpaired) electrons. The summed E-state index contributed by atoms with van der Waals surface area (Å²) in [6, 6.07) is 11.0. The zero-order chi connectivity index (χ0) is 23.0. The van der Waals surface area contributed by atoms with E-state index in [4.69, 9.17) is 9.79 Å². The molecule has 2 aromatic carbocycles. The Morgan fingerprint density at radius 3 is 2.29 bits per heavy atom. The largest absolute Gasteiger partial charge is 0.399 e. The fourth-order valence-corrected chi connectivity index (χ4v) is 4.71. The normalized spacial score (nSPS) is 12.2. The summed E-state index contributed by atoms with van der Waals surface area (Å²) >= 11 is 3.02. The lowest BCUT2D eigenvalue weighted by molar-refractivity contribution is 0.0558. The first-order chi connectivity index (χ1) is 14.5. The highest BCUT2D eigenvalue weighted by Gasteiger charge is 2.51. The average Bonchev–Trinajstić information content (AvgIpc) is 2.71. The fourth-order valence-electron chi connectivity index (χ4n) is 3.46. The van der Waals surface area contributed by atoms with E-state index in [1.165, 1.54) is 6.07 Å². The van der Waals surface area contributed by atoms with Crippen molar-refractivity contribution in [1.82, 2.24) is 4.98 Å². The van der Waals surface area contributed by atoms with E-state index in [0.29, 0.717) is 29.5 Å². The van der Waals surface area contributed by atoms with Gasteiger partial charge in [0.25, 0.3) is 5.91 Å². The number of carbonyl (C=O) groups excluding carboxylic acids is 1. The molecule has 164 valence electrons. The molecule has 10 heteroatoms. The molecule has 3 aromatic rings. The summed E-state index contributed by atoms with van der Waals surface area (Å²) < 4.78 is 40.1. The molecule has 0 saturated heterocycles. The number of carbonyl (C=O) groups is 1. The molecule has 0 unspecified atom stereocenters. The molecule has 0 atom stereocenters. The standard InChI is InChI=1S/C21H20BrF2N2O4P/c1-3-13-14(4-2)19(20(27)25-12-8-6-5-7-9-12)26-18-11-16(17(22)10-15(13)18)21(23,24)31(28,29)30/h5-11H,3-4H2,1-2H3,(H,25,27)(H2,28,29,30). The number of benzene rings is 2. The second-order valence-electron chi connectivity index (χ2n) is 6.88. The van der Waals surface area contributed by atoms with Crippen molar-refractivity contribution in [2.24, 2.45) is 0 Å². The van der Waals surface area contributed by atoms with Crippen molar-refractivity contribution in [3.63, 3.8) is 0 Å². The third-order valence-electron chi connectivity index (χ3n) is 4.94. The van der Waals surface area contributed by atoms with Gasteiger partial charge in [-0.15, -0.1) is 0 Å². The van der Waals surface area contributed by atoms with Crippen LogP contribution in [-0.4, -0.2) is 20.7 Å². The quantitative estimate of drug-likeness (QED) is 0.373. The van der Waals surface area contributed by atoms with Crippen LogP contribution < -0.4 is 5.32 Å². The minimum absolute atomic E-state index is 0.0542. The number of nitrogens with zero attached hydrogens (tertiary/aromatic N) is 1. The van der Waals surface area contributed by atoms with Crippen molar-refractivity contribution in [2.45, 2.75) is 32.4 Å². The molecule has 1 amide bonds. The summed E-state index contributed by atoms with van der Waals surface area (Å²) in [7, 11) is -5.78. The van der Waals surface area contributed by atoms with E-state index in [1.54, 1.807) is 30.3 Å². The summed E-state index contributed by atoms with van der Waals surface area (Å²) in [5, 5.41) is 3.28. The third-order valence-corrected chi connectivity index (χ3v) is 6.57. The van der Waals surface area contributed by atoms with Crippen molar-refractivity contribution >= 4 is 46.0 Å². The minimum Gasteiger partial charge on any atom is -0.321 e. The van der Waals surface area contributed by atoms with E-state index < -0.39 is 24.7 Å². The number of hydrogen-bond donors (Lipinski definition) is 3. The maximum absolute atomic E-state index is 14.4. The molecule has 31 heavy (non-hydrogen) atoms. The van der Waals surface area contributed by atoms with Crippen LogP contribution in [0.15, 0.2) is 46.9 Å². The Morgan fingerprint density at radius 2 is 1.74 bits per heavy atom. The number of hydrogen-bond acceptors (Lipinski definition) is 3. The number of rotatable bonds is 6. The van der Waals surface area contributed by atoms with Crippen molar-refractivity contribution in [2.75, 3.05) is 5.32 Å². The Hall–Kier alpha value is -2.19. The highest BCUT2D eigenvalue weighted by atomic mass is 79.9. The van der Waals surface area contributed by atoms with Gasteiger partial charge in [-0.3, -0.25) is 9.36 Å². The van der Waals surface area contributed by atoms with E-state index >= 15 is 0 Å². The minimum atomic E-state index is -5.78. The Balaban J connectivity index is 2.25. The predicted octanol–water partition coefficient (Wildman–Crippen LogP) is 5.60. The summed E-state index contributed by atoms with van der Waals surface area (Å²) in [5.41, 5.74) is -3.16. The zero-order valence-electron chi connectivity index (χ0n) is 16.7. The van der Waals surface area contributed by atoms with E-state index in [0.717, 1.165) is 11.6 Å². The number of aromatic nitrogens is 1. The first-order valence-electron chi connectivity index (χ1n) is 9.46. The van der Waals surface area contributed by atoms with Crippen LogP contribution in [0, 0.1) is 0 Å². The topological polar surface area (TPSA) is 99.5 Å². The molecule has 0 aliphatic heterocycles. The van der Waals surface area contributed by atoms with E-state index in [2.05, 4.69) is 26.2 Å². The molecule has 0 spiro atoms. The average molecular weight is 513 g/mol. The van der Waals surface area contributed by atoms with Crippen molar-refractivity contribution in [3.8, 4) is 0 Å². The third kappa shape index (κ3) is 4.41. The Labute approximate surface area is 186 Å². The van der Waals surface area contributed by atoms with Gasteiger partial charge in [-0.2, -0.15) is 8.78 Å². The number of para-hydroxylation sites is 1. The molecule has 1 aromatic heterocycles. The van der Waals surface area contributed by atoms with Gasteiger partial charge in [-0.25, -0.2) is 4.98 Å². The molecular formula is C21H20BrF2N2O4P. The van der Waals surface area contributed by atoms with Crippen LogP contribution in [0.3, 0.4) is 0 Å². The number of fused-ring (bicyclic) bond motifs is 1. The molecular weight excluding hydrogens is 493 g/mol. The van der Waals surface area contributed by atoms with E-state index in [-0.39, 0.29) is 15.7 Å². The summed E-state index contributed by atoms with van der Waals surface area (Å²) in [6.07, 6.45) is 0.996. The zero-order valence-corrected chi connectivity index (χ0v) is 19.2. The number of pyridine rings is 1. The first kappa shape index (κ1) is 23.5. The number of aryl methyl sites for hydroxylation is 1. The number of anilines is 1. The molecule has 0 saturated carbocycles. The lowest BCUT2D eigenvalue weighted by atomic mass is 9.95. The molecule has 0 fully saturated rings. The second kappa shape index (κ2) is 8.74. The monoisotopic (exact) mass is 512 g/mol. The summed E-state index contributed by atoms with van der Waals surface area (Å²) in [4.78, 5) is 35.6. The summed E-state index contributed by atoms with van der Waals surface area (Å²) in [5.74, 6) is -0.495. The van der Waals surface area contributed by atoms with E-state index in [1.807, 2.05) is 13.8 Å². The van der Waals surface area contributed by atoms with Gasteiger partial charge < -0.3 is 15.1 Å². The van der Waals surface area contributed by atoms with Crippen LogP contribution in [0.5, 0.6) is 0 Å². The molecule has 3 rings (SSSR count). The van der Waals surface area contributed by atoms with Crippen molar-refractivity contribution in [1.29, 1.82) is 0 Å². The van der Waals surface area contributed by atoms with Gasteiger partial charge in [0.2, 0.25) is 0 Å². The van der Waals surface area contributed by atoms with Crippen LogP contribution in [0.2, 0.25) is 0 Å². The summed E-state index contributed by atoms with van der Waals surface area (Å²) in [6.45, 7) is 3.74. The van der Waals surface area contributed by atoms with Gasteiger partial charge >= 0.3 is 13.3 Å².